The van der Waals surface area contributed by atoms with Gasteiger partial charge < -0.3 is 10.6 Å². The Labute approximate surface area is 90.9 Å². The van der Waals surface area contributed by atoms with Crippen LogP contribution in [0, 0.1) is 13.8 Å². The Balaban J connectivity index is 3.11. The van der Waals surface area contributed by atoms with Crippen molar-refractivity contribution in [2.75, 3.05) is 11.9 Å². The number of anilines is 1. The van der Waals surface area contributed by atoms with Crippen molar-refractivity contribution in [3.63, 3.8) is 0 Å². The summed E-state index contributed by atoms with van der Waals surface area (Å²) in [6.07, 6.45) is 0. The number of hydrogen-bond acceptors (Lipinski definition) is 2. The van der Waals surface area contributed by atoms with Crippen LogP contribution in [-0.2, 0) is 4.79 Å². The molecule has 3 heteroatoms. The lowest BCUT2D eigenvalue weighted by atomic mass is 10.1. The fourth-order valence-corrected chi connectivity index (χ4v) is 1.75. The van der Waals surface area contributed by atoms with E-state index in [0.717, 1.165) is 16.8 Å². The Morgan fingerprint density at radius 3 is 2.20 bits per heavy atom. The van der Waals surface area contributed by atoms with Gasteiger partial charge in [0.05, 0.1) is 6.04 Å². The molecule has 1 amide bonds. The predicted octanol–water partition coefficient (Wildman–Crippen LogP) is 1.61. The van der Waals surface area contributed by atoms with Gasteiger partial charge in [-0.2, -0.15) is 0 Å². The van der Waals surface area contributed by atoms with Gasteiger partial charge in [-0.25, -0.2) is 0 Å². The van der Waals surface area contributed by atoms with Crippen molar-refractivity contribution in [3.05, 3.63) is 29.3 Å². The zero-order valence-corrected chi connectivity index (χ0v) is 9.74. The van der Waals surface area contributed by atoms with Gasteiger partial charge in [0, 0.05) is 12.7 Å². The summed E-state index contributed by atoms with van der Waals surface area (Å²) in [7, 11) is 1.76. The highest BCUT2D eigenvalue weighted by Crippen LogP contribution is 2.23. The zero-order valence-electron chi connectivity index (χ0n) is 9.74. The molecule has 0 bridgehead atoms. The maximum Gasteiger partial charge on any atom is 0.243 e. The minimum Gasteiger partial charge on any atom is -0.320 e. The molecule has 0 fully saturated rings. The van der Waals surface area contributed by atoms with Crippen LogP contribution in [0.25, 0.3) is 0 Å². The van der Waals surface area contributed by atoms with Gasteiger partial charge in [0.25, 0.3) is 0 Å². The summed E-state index contributed by atoms with van der Waals surface area (Å²) in [6.45, 7) is 5.69. The normalized spacial score (nSPS) is 12.3. The Kier molecular flexibility index (Phi) is 3.48. The lowest BCUT2D eigenvalue weighted by molar-refractivity contribution is -0.119. The van der Waals surface area contributed by atoms with Crippen molar-refractivity contribution >= 4 is 11.6 Å². The molecule has 1 rings (SSSR count). The number of para-hydroxylation sites is 1. The van der Waals surface area contributed by atoms with E-state index >= 15 is 0 Å². The Morgan fingerprint density at radius 1 is 1.33 bits per heavy atom. The van der Waals surface area contributed by atoms with Crippen LogP contribution < -0.4 is 10.6 Å². The molecule has 0 aliphatic rings. The Morgan fingerprint density at radius 2 is 1.80 bits per heavy atom. The summed E-state index contributed by atoms with van der Waals surface area (Å²) in [5.41, 5.74) is 8.72. The predicted molar refractivity (Wildman–Crippen MR) is 63.0 cm³/mol. The van der Waals surface area contributed by atoms with Gasteiger partial charge in [0.1, 0.15) is 0 Å². The highest BCUT2D eigenvalue weighted by molar-refractivity contribution is 5.97. The molecule has 2 N–H and O–H groups in total. The lowest BCUT2D eigenvalue weighted by Crippen LogP contribution is -2.40. The summed E-state index contributed by atoms with van der Waals surface area (Å²) in [5, 5.41) is 0. The molecule has 0 unspecified atom stereocenters. The minimum atomic E-state index is -0.464. The van der Waals surface area contributed by atoms with E-state index in [0.29, 0.717) is 0 Å². The molecular weight excluding hydrogens is 188 g/mol. The summed E-state index contributed by atoms with van der Waals surface area (Å²) in [6, 6.07) is 5.51. The fourth-order valence-electron chi connectivity index (χ4n) is 1.75. The third-order valence-electron chi connectivity index (χ3n) is 2.50. The van der Waals surface area contributed by atoms with Gasteiger partial charge >= 0.3 is 0 Å². The molecule has 1 aromatic carbocycles. The molecule has 0 saturated heterocycles. The molecule has 0 aliphatic heterocycles. The molecule has 0 radical (unpaired) electrons. The molecule has 0 saturated carbocycles. The van der Waals surface area contributed by atoms with E-state index < -0.39 is 6.04 Å². The first kappa shape index (κ1) is 11.7. The van der Waals surface area contributed by atoms with Crippen LogP contribution in [0.15, 0.2) is 18.2 Å². The number of likely N-dealkylation sites (N-methyl/N-ethyl adjacent to an activating group) is 1. The largest absolute Gasteiger partial charge is 0.320 e. The average molecular weight is 206 g/mol. The lowest BCUT2D eigenvalue weighted by Gasteiger charge is -2.23. The minimum absolute atomic E-state index is 0.0626. The van der Waals surface area contributed by atoms with Crippen LogP contribution in [0.1, 0.15) is 18.1 Å². The van der Waals surface area contributed by atoms with E-state index in [1.807, 2.05) is 32.0 Å². The van der Waals surface area contributed by atoms with E-state index in [1.54, 1.807) is 18.9 Å². The molecular formula is C12H18N2O. The summed E-state index contributed by atoms with van der Waals surface area (Å²) >= 11 is 0. The number of amides is 1. The number of carbonyl (C=O) groups excluding carboxylic acids is 1. The molecule has 3 nitrogen and oxygen atoms in total. The van der Waals surface area contributed by atoms with Crippen molar-refractivity contribution in [1.82, 2.24) is 0 Å². The van der Waals surface area contributed by atoms with Crippen LogP contribution in [0.2, 0.25) is 0 Å². The molecule has 0 aliphatic carbocycles. The maximum atomic E-state index is 11.7. The first-order chi connectivity index (χ1) is 6.95. The van der Waals surface area contributed by atoms with E-state index in [-0.39, 0.29) is 5.91 Å². The highest BCUT2D eigenvalue weighted by Gasteiger charge is 2.17. The molecule has 15 heavy (non-hydrogen) atoms. The molecule has 0 aromatic heterocycles. The van der Waals surface area contributed by atoms with Gasteiger partial charge in [0.2, 0.25) is 5.91 Å². The second kappa shape index (κ2) is 4.45. The van der Waals surface area contributed by atoms with Crippen LogP contribution in [0.5, 0.6) is 0 Å². The van der Waals surface area contributed by atoms with Crippen molar-refractivity contribution in [3.8, 4) is 0 Å². The van der Waals surface area contributed by atoms with E-state index in [4.69, 9.17) is 5.73 Å². The van der Waals surface area contributed by atoms with Crippen LogP contribution in [0.4, 0.5) is 5.69 Å². The topological polar surface area (TPSA) is 46.3 Å². The van der Waals surface area contributed by atoms with Crippen molar-refractivity contribution < 1.29 is 4.79 Å². The highest BCUT2D eigenvalue weighted by atomic mass is 16.2. The van der Waals surface area contributed by atoms with E-state index in [9.17, 15) is 4.79 Å². The third-order valence-corrected chi connectivity index (χ3v) is 2.50. The van der Waals surface area contributed by atoms with Gasteiger partial charge in [-0.1, -0.05) is 18.2 Å². The second-order valence-corrected chi connectivity index (χ2v) is 3.93. The molecule has 82 valence electrons. The van der Waals surface area contributed by atoms with E-state index in [2.05, 4.69) is 0 Å². The number of carbonyl (C=O) groups is 1. The number of aryl methyl sites for hydroxylation is 2. The van der Waals surface area contributed by atoms with Crippen LogP contribution >= 0.6 is 0 Å². The maximum absolute atomic E-state index is 11.7. The second-order valence-electron chi connectivity index (χ2n) is 3.93. The number of benzene rings is 1. The molecule has 1 aromatic rings. The number of hydrogen-bond donors (Lipinski definition) is 1. The van der Waals surface area contributed by atoms with Crippen molar-refractivity contribution in [2.45, 2.75) is 26.8 Å². The monoisotopic (exact) mass is 206 g/mol. The van der Waals surface area contributed by atoms with Gasteiger partial charge in [-0.3, -0.25) is 4.79 Å². The Hall–Kier alpha value is -1.35. The number of rotatable bonds is 2. The molecule has 0 heterocycles. The summed E-state index contributed by atoms with van der Waals surface area (Å²) < 4.78 is 0. The fraction of sp³-hybridized carbons (Fsp3) is 0.417. The SMILES string of the molecule is Cc1cccc(C)c1N(C)C(=O)[C@@H](C)N. The smallest absolute Gasteiger partial charge is 0.243 e. The molecule has 0 spiro atoms. The van der Waals surface area contributed by atoms with Gasteiger partial charge in [-0.05, 0) is 31.9 Å². The zero-order chi connectivity index (χ0) is 11.6. The standard InChI is InChI=1S/C12H18N2O/c1-8-6-5-7-9(2)11(8)14(4)12(15)10(3)13/h5-7,10H,13H2,1-4H3/t10-/m1/s1. The average Bonchev–Trinajstić information content (AvgIpc) is 2.15. The summed E-state index contributed by atoms with van der Waals surface area (Å²) in [4.78, 5) is 13.4. The van der Waals surface area contributed by atoms with Crippen LogP contribution in [0.3, 0.4) is 0 Å². The van der Waals surface area contributed by atoms with E-state index in [1.165, 1.54) is 0 Å². The third kappa shape index (κ3) is 2.36. The Bertz CT molecular complexity index is 352. The summed E-state index contributed by atoms with van der Waals surface area (Å²) in [5.74, 6) is -0.0626. The first-order valence-electron chi connectivity index (χ1n) is 5.04. The number of nitrogens with zero attached hydrogens (tertiary/aromatic N) is 1. The van der Waals surface area contributed by atoms with Crippen molar-refractivity contribution in [2.24, 2.45) is 5.73 Å². The van der Waals surface area contributed by atoms with Crippen LogP contribution in [-0.4, -0.2) is 19.0 Å². The van der Waals surface area contributed by atoms with Gasteiger partial charge in [-0.15, -0.1) is 0 Å². The molecule has 1 atom stereocenters. The quantitative estimate of drug-likeness (QED) is 0.799. The van der Waals surface area contributed by atoms with Gasteiger partial charge in [0.15, 0.2) is 0 Å². The first-order valence-corrected chi connectivity index (χ1v) is 5.04. The number of nitrogens with two attached hydrogens (primary N) is 1. The van der Waals surface area contributed by atoms with Crippen molar-refractivity contribution in [1.29, 1.82) is 0 Å².